The van der Waals surface area contributed by atoms with E-state index in [0.717, 1.165) is 16.9 Å². The minimum atomic E-state index is 0.770. The third-order valence-corrected chi connectivity index (χ3v) is 3.59. The number of H-pyrrole nitrogens is 1. The molecule has 0 fully saturated rings. The Morgan fingerprint density at radius 3 is 2.57 bits per heavy atom. The van der Waals surface area contributed by atoms with Gasteiger partial charge in [0.15, 0.2) is 0 Å². The molecule has 104 valence electrons. The number of nitrogens with zero attached hydrogens (tertiary/aromatic N) is 5. The van der Waals surface area contributed by atoms with Crippen LogP contribution in [0.4, 0.5) is 5.69 Å². The highest BCUT2D eigenvalue weighted by atomic mass is 15.5. The van der Waals surface area contributed by atoms with E-state index in [1.807, 2.05) is 29.4 Å². The lowest BCUT2D eigenvalue weighted by molar-refractivity contribution is -0.594. The number of hydrogen-bond donors (Lipinski definition) is 1. The van der Waals surface area contributed by atoms with E-state index in [9.17, 15) is 0 Å². The second-order valence-electron chi connectivity index (χ2n) is 5.18. The van der Waals surface area contributed by atoms with E-state index in [2.05, 4.69) is 50.4 Å². The van der Waals surface area contributed by atoms with E-state index >= 15 is 0 Å². The van der Waals surface area contributed by atoms with Crippen LogP contribution in [0.25, 0.3) is 22.4 Å². The van der Waals surface area contributed by atoms with Gasteiger partial charge in [-0.15, -0.1) is 9.50 Å². The molecule has 0 atom stereocenters. The molecular formula is C15H15N6+. The smallest absolute Gasteiger partial charge is 0.346 e. The van der Waals surface area contributed by atoms with Crippen LogP contribution < -0.4 is 9.42 Å². The van der Waals surface area contributed by atoms with E-state index in [4.69, 9.17) is 0 Å². The summed E-state index contributed by atoms with van der Waals surface area (Å²) in [5.74, 6) is 0. The number of fused-ring (bicyclic) bond motifs is 3. The highest BCUT2D eigenvalue weighted by Crippen LogP contribution is 2.21. The quantitative estimate of drug-likeness (QED) is 0.566. The van der Waals surface area contributed by atoms with Gasteiger partial charge in [0, 0.05) is 25.3 Å². The Morgan fingerprint density at radius 2 is 1.81 bits per heavy atom. The Balaban J connectivity index is 1.83. The molecular weight excluding hydrogens is 264 g/mol. The molecule has 3 heterocycles. The molecule has 0 aliphatic heterocycles. The molecule has 0 aliphatic rings. The topological polar surface area (TPSA) is 53.3 Å². The zero-order chi connectivity index (χ0) is 14.4. The van der Waals surface area contributed by atoms with Crippen molar-refractivity contribution in [2.75, 3.05) is 19.0 Å². The molecule has 0 saturated carbocycles. The van der Waals surface area contributed by atoms with Crippen molar-refractivity contribution in [2.24, 2.45) is 0 Å². The highest BCUT2D eigenvalue weighted by molar-refractivity contribution is 5.65. The van der Waals surface area contributed by atoms with Gasteiger partial charge in [0.25, 0.3) is 5.65 Å². The number of aromatic nitrogens is 5. The highest BCUT2D eigenvalue weighted by Gasteiger charge is 2.15. The number of rotatable bonds is 2. The summed E-state index contributed by atoms with van der Waals surface area (Å²) in [5.41, 5.74) is 5.07. The van der Waals surface area contributed by atoms with Gasteiger partial charge >= 0.3 is 5.65 Å². The minimum Gasteiger partial charge on any atom is -0.378 e. The zero-order valence-corrected chi connectivity index (χ0v) is 11.9. The molecule has 3 aromatic heterocycles. The van der Waals surface area contributed by atoms with Crippen LogP contribution in [0.1, 0.15) is 0 Å². The predicted molar refractivity (Wildman–Crippen MR) is 80.3 cm³/mol. The van der Waals surface area contributed by atoms with Crippen LogP contribution in [0.5, 0.6) is 0 Å². The molecule has 1 N–H and O–H groups in total. The van der Waals surface area contributed by atoms with Crippen LogP contribution in [0.15, 0.2) is 49.1 Å². The van der Waals surface area contributed by atoms with Crippen LogP contribution in [0, 0.1) is 0 Å². The summed E-state index contributed by atoms with van der Waals surface area (Å²) in [4.78, 5) is 10.7. The number of nitrogens with one attached hydrogen (secondary N) is 1. The van der Waals surface area contributed by atoms with Crippen LogP contribution in [0.3, 0.4) is 0 Å². The first-order valence-electron chi connectivity index (χ1n) is 6.73. The predicted octanol–water partition coefficient (Wildman–Crippen LogP) is 1.53. The Morgan fingerprint density at radius 1 is 1.05 bits per heavy atom. The van der Waals surface area contributed by atoms with Gasteiger partial charge in [0.05, 0.1) is 12.4 Å². The van der Waals surface area contributed by atoms with Gasteiger partial charge in [-0.3, -0.25) is 0 Å². The van der Waals surface area contributed by atoms with Crippen molar-refractivity contribution in [3.05, 3.63) is 49.1 Å². The SMILES string of the molecule is CN(C)c1ccc(-c2cn3[nH]c4nccnc4[n+]3c2)cc1. The van der Waals surface area contributed by atoms with Gasteiger partial charge in [-0.25, -0.2) is 4.98 Å². The van der Waals surface area contributed by atoms with Gasteiger partial charge in [-0.1, -0.05) is 16.8 Å². The molecule has 0 bridgehead atoms. The zero-order valence-electron chi connectivity index (χ0n) is 11.9. The first-order valence-corrected chi connectivity index (χ1v) is 6.73. The first-order chi connectivity index (χ1) is 10.2. The number of benzene rings is 1. The van der Waals surface area contributed by atoms with E-state index in [0.29, 0.717) is 0 Å². The largest absolute Gasteiger partial charge is 0.378 e. The maximum Gasteiger partial charge on any atom is 0.346 e. The summed E-state index contributed by atoms with van der Waals surface area (Å²) < 4.78 is 3.84. The van der Waals surface area contributed by atoms with Crippen LogP contribution in [-0.4, -0.2) is 33.8 Å². The number of aromatic amines is 1. The van der Waals surface area contributed by atoms with Gasteiger partial charge in [-0.2, -0.15) is 5.10 Å². The lowest BCUT2D eigenvalue weighted by Crippen LogP contribution is -2.24. The maximum absolute atomic E-state index is 4.36. The van der Waals surface area contributed by atoms with Crippen LogP contribution >= 0.6 is 0 Å². The van der Waals surface area contributed by atoms with Crippen molar-refractivity contribution in [3.8, 4) is 11.1 Å². The lowest BCUT2D eigenvalue weighted by Gasteiger charge is -2.12. The van der Waals surface area contributed by atoms with Crippen molar-refractivity contribution in [1.29, 1.82) is 0 Å². The molecule has 21 heavy (non-hydrogen) atoms. The third kappa shape index (κ3) is 1.84. The molecule has 0 amide bonds. The van der Waals surface area contributed by atoms with Crippen LogP contribution in [0.2, 0.25) is 0 Å². The standard InChI is InChI=1S/C15H15N6/c1-19(2)13-5-3-11(4-6-13)12-9-20-15-14(16-7-8-17-15)18-21(20)10-12/h3-10H,1-2H3,(H,16,18)/q+1. The summed E-state index contributed by atoms with van der Waals surface area (Å²) in [6.07, 6.45) is 7.47. The van der Waals surface area contributed by atoms with Crippen molar-refractivity contribution >= 4 is 17.0 Å². The molecule has 0 spiro atoms. The fourth-order valence-corrected chi connectivity index (χ4v) is 2.46. The minimum absolute atomic E-state index is 0.770. The molecule has 4 rings (SSSR count). The van der Waals surface area contributed by atoms with E-state index in [1.165, 1.54) is 11.3 Å². The maximum atomic E-state index is 4.36. The number of anilines is 1. The second-order valence-corrected chi connectivity index (χ2v) is 5.18. The average Bonchev–Trinajstić information content (AvgIpc) is 3.05. The van der Waals surface area contributed by atoms with Gasteiger partial charge in [0.1, 0.15) is 12.4 Å². The lowest BCUT2D eigenvalue weighted by atomic mass is 10.1. The normalized spacial score (nSPS) is 11.3. The summed E-state index contributed by atoms with van der Waals surface area (Å²) in [6.45, 7) is 0. The Labute approximate surface area is 121 Å². The van der Waals surface area contributed by atoms with Crippen molar-refractivity contribution in [1.82, 2.24) is 19.7 Å². The molecule has 4 aromatic rings. The van der Waals surface area contributed by atoms with Gasteiger partial charge in [-0.05, 0) is 17.7 Å². The van der Waals surface area contributed by atoms with Crippen molar-refractivity contribution in [2.45, 2.75) is 0 Å². The molecule has 0 saturated heterocycles. The van der Waals surface area contributed by atoms with E-state index in [1.54, 1.807) is 12.4 Å². The van der Waals surface area contributed by atoms with Crippen molar-refractivity contribution < 1.29 is 4.52 Å². The van der Waals surface area contributed by atoms with Crippen molar-refractivity contribution in [3.63, 3.8) is 0 Å². The Hall–Kier alpha value is -2.89. The summed E-state index contributed by atoms with van der Waals surface area (Å²) in [5, 5.41) is 3.20. The monoisotopic (exact) mass is 279 g/mol. The summed E-state index contributed by atoms with van der Waals surface area (Å²) >= 11 is 0. The third-order valence-electron chi connectivity index (χ3n) is 3.59. The Kier molecular flexibility index (Phi) is 2.44. The fourth-order valence-electron chi connectivity index (χ4n) is 2.46. The van der Waals surface area contributed by atoms with Crippen LogP contribution in [-0.2, 0) is 0 Å². The molecule has 6 nitrogen and oxygen atoms in total. The second kappa shape index (κ2) is 4.31. The van der Waals surface area contributed by atoms with E-state index < -0.39 is 0 Å². The molecule has 1 aromatic carbocycles. The average molecular weight is 279 g/mol. The van der Waals surface area contributed by atoms with E-state index in [-0.39, 0.29) is 0 Å². The fraction of sp³-hybridized carbons (Fsp3) is 0.133. The number of hydrogen-bond acceptors (Lipinski definition) is 3. The molecule has 0 radical (unpaired) electrons. The molecule has 6 heteroatoms. The van der Waals surface area contributed by atoms with Gasteiger partial charge < -0.3 is 4.90 Å². The molecule has 0 aliphatic carbocycles. The summed E-state index contributed by atoms with van der Waals surface area (Å²) in [7, 11) is 4.08. The van der Waals surface area contributed by atoms with Gasteiger partial charge in [0.2, 0.25) is 0 Å². The first kappa shape index (κ1) is 11.9. The summed E-state index contributed by atoms with van der Waals surface area (Å²) in [6, 6.07) is 8.48. The molecule has 0 unspecified atom stereocenters. The Bertz CT molecular complexity index is 916.